The number of nitrogens with two attached hydrogens (primary N) is 1. The SMILES string of the molecule is C=C1CCC(C(=O)NC(CC(N)=O)C(=O)N2CCCC2C(=O)NC(C(=O)NC(Cc2ccc(O)cc2)C(=O)NC(Cc2c[nH]c3ccccc23)C(=O)Nc2ccc3c(C)cc(=O)oc3c2)C(C)C)N1. The summed E-state index contributed by atoms with van der Waals surface area (Å²) in [5.41, 5.74) is 8.92. The smallest absolute Gasteiger partial charge is 0.336 e. The molecule has 5 aromatic rings. The standard InChI is InChI=1S/C50H57N9O10/c1-26(2)44(58-48(66)40-10-7-19-59(40)50(68)39(24-42(51)61)57-45(63)36-18-11-28(4)53-36)49(67)56-37(21-29-12-15-32(60)16-13-29)47(65)55-38(22-30-25-52-35-9-6-5-8-34(30)35)46(64)54-31-14-17-33-27(3)20-43(62)69-41(33)23-31/h5-6,8-9,12-17,20,23,25-26,36-40,44,52-53,60H,4,7,10-11,18-19,21-22,24H2,1-3H3,(H2,51,61)(H,54,64)(H,55,65)(H,56,67)(H,57,63)(H,58,66). The average molecular weight is 944 g/mol. The van der Waals surface area contributed by atoms with Gasteiger partial charge >= 0.3 is 5.63 Å². The molecule has 19 nitrogen and oxygen atoms in total. The van der Waals surface area contributed by atoms with Crippen LogP contribution in [0.5, 0.6) is 5.75 Å². The van der Waals surface area contributed by atoms with Gasteiger partial charge in [0.25, 0.3) is 0 Å². The Morgan fingerprint density at radius 1 is 0.841 bits per heavy atom. The number of phenolic OH excluding ortho intramolecular Hbond substituents is 1. The number of carbonyl (C=O) groups excluding carboxylic acids is 7. The number of amides is 7. The number of aromatic nitrogens is 1. The number of allylic oxidation sites excluding steroid dienone is 1. The third kappa shape index (κ3) is 12.0. The minimum absolute atomic E-state index is 0.0156. The molecule has 7 amide bonds. The summed E-state index contributed by atoms with van der Waals surface area (Å²) in [5.74, 6) is -5.33. The molecule has 4 heterocycles. The van der Waals surface area contributed by atoms with Gasteiger partial charge < -0.3 is 57.0 Å². The number of benzene rings is 3. The average Bonchev–Trinajstić information content (AvgIpc) is 4.08. The molecule has 7 rings (SSSR count). The van der Waals surface area contributed by atoms with Crippen LogP contribution in [-0.2, 0) is 46.4 Å². The third-order valence-electron chi connectivity index (χ3n) is 12.5. The van der Waals surface area contributed by atoms with Crippen molar-refractivity contribution in [3.8, 4) is 5.75 Å². The van der Waals surface area contributed by atoms with Gasteiger partial charge in [0.05, 0.1) is 6.42 Å². The Kier molecular flexibility index (Phi) is 15.1. The number of aromatic hydroxyl groups is 1. The second kappa shape index (κ2) is 21.3. The van der Waals surface area contributed by atoms with Crippen LogP contribution in [0.3, 0.4) is 0 Å². The molecule has 2 aliphatic heterocycles. The number of aryl methyl sites for hydroxylation is 1. The molecule has 2 fully saturated rings. The van der Waals surface area contributed by atoms with E-state index in [0.29, 0.717) is 52.7 Å². The number of carbonyl (C=O) groups is 7. The van der Waals surface area contributed by atoms with Gasteiger partial charge in [-0.2, -0.15) is 0 Å². The number of aromatic amines is 1. The van der Waals surface area contributed by atoms with E-state index in [4.69, 9.17) is 10.2 Å². The van der Waals surface area contributed by atoms with Crippen LogP contribution < -0.4 is 43.3 Å². The quantitative estimate of drug-likeness (QED) is 0.0576. The number of para-hydroxylation sites is 1. The molecule has 6 atom stereocenters. The molecule has 0 bridgehead atoms. The lowest BCUT2D eigenvalue weighted by Gasteiger charge is -2.31. The minimum Gasteiger partial charge on any atom is -0.508 e. The zero-order valence-corrected chi connectivity index (χ0v) is 38.6. The fraction of sp³-hybridized carbons (Fsp3) is 0.360. The zero-order valence-electron chi connectivity index (χ0n) is 38.6. The van der Waals surface area contributed by atoms with Gasteiger partial charge in [0.1, 0.15) is 47.6 Å². The van der Waals surface area contributed by atoms with Crippen LogP contribution in [0, 0.1) is 12.8 Å². The topological polar surface area (TPSA) is 287 Å². The van der Waals surface area contributed by atoms with Crippen LogP contribution in [0.4, 0.5) is 5.69 Å². The number of fused-ring (bicyclic) bond motifs is 2. The van der Waals surface area contributed by atoms with Crippen molar-refractivity contribution in [2.24, 2.45) is 11.7 Å². The molecule has 6 unspecified atom stereocenters. The van der Waals surface area contributed by atoms with Crippen molar-refractivity contribution in [1.82, 2.24) is 36.5 Å². The van der Waals surface area contributed by atoms with Crippen molar-refractivity contribution in [3.63, 3.8) is 0 Å². The van der Waals surface area contributed by atoms with Crippen molar-refractivity contribution in [2.45, 2.75) is 102 Å². The number of likely N-dealkylation sites (tertiary alicyclic amines) is 1. The maximum absolute atomic E-state index is 14.6. The second-order valence-electron chi connectivity index (χ2n) is 18.0. The maximum atomic E-state index is 14.6. The lowest BCUT2D eigenvalue weighted by atomic mass is 9.99. The summed E-state index contributed by atoms with van der Waals surface area (Å²) in [5, 5.41) is 28.4. The van der Waals surface area contributed by atoms with Gasteiger partial charge in [-0.25, -0.2) is 4.79 Å². The largest absolute Gasteiger partial charge is 0.508 e. The Hall–Kier alpha value is -7.96. The molecule has 2 saturated heterocycles. The summed E-state index contributed by atoms with van der Waals surface area (Å²) in [4.78, 5) is 113. The number of nitrogens with zero attached hydrogens (tertiary/aromatic N) is 1. The summed E-state index contributed by atoms with van der Waals surface area (Å²) >= 11 is 0. The van der Waals surface area contributed by atoms with E-state index in [9.17, 15) is 43.5 Å². The normalized spacial score (nSPS) is 17.4. The van der Waals surface area contributed by atoms with Crippen LogP contribution >= 0.6 is 0 Å². The number of rotatable bonds is 18. The molecule has 0 spiro atoms. The van der Waals surface area contributed by atoms with Gasteiger partial charge in [-0.3, -0.25) is 33.6 Å². The van der Waals surface area contributed by atoms with Crippen molar-refractivity contribution < 1.29 is 43.1 Å². The predicted molar refractivity (Wildman–Crippen MR) is 256 cm³/mol. The molecule has 19 heteroatoms. The van der Waals surface area contributed by atoms with Crippen molar-refractivity contribution in [1.29, 1.82) is 0 Å². The Labute approximate surface area is 397 Å². The molecule has 0 aliphatic carbocycles. The highest BCUT2D eigenvalue weighted by atomic mass is 16.4. The van der Waals surface area contributed by atoms with Gasteiger partial charge in [-0.15, -0.1) is 0 Å². The fourth-order valence-electron chi connectivity index (χ4n) is 8.84. The van der Waals surface area contributed by atoms with E-state index in [1.54, 1.807) is 51.2 Å². The van der Waals surface area contributed by atoms with Crippen molar-refractivity contribution in [2.75, 3.05) is 11.9 Å². The predicted octanol–water partition coefficient (Wildman–Crippen LogP) is 2.44. The number of phenols is 1. The lowest BCUT2D eigenvalue weighted by molar-refractivity contribution is -0.143. The fourth-order valence-corrected chi connectivity index (χ4v) is 8.84. The first-order chi connectivity index (χ1) is 32.9. The highest BCUT2D eigenvalue weighted by molar-refractivity contribution is 6.01. The molecule has 0 radical (unpaired) electrons. The first-order valence-corrected chi connectivity index (χ1v) is 22.9. The number of H-pyrrole nitrogens is 1. The van der Waals surface area contributed by atoms with E-state index in [-0.39, 0.29) is 37.1 Å². The third-order valence-corrected chi connectivity index (χ3v) is 12.5. The van der Waals surface area contributed by atoms with Crippen molar-refractivity contribution in [3.05, 3.63) is 118 Å². The van der Waals surface area contributed by atoms with E-state index in [2.05, 4.69) is 43.5 Å². The van der Waals surface area contributed by atoms with Crippen LogP contribution in [0.2, 0.25) is 0 Å². The van der Waals surface area contributed by atoms with Crippen LogP contribution in [0.15, 0.2) is 100 Å². The Bertz CT molecular complexity index is 2850. The van der Waals surface area contributed by atoms with Gasteiger partial charge in [-0.1, -0.05) is 50.8 Å². The van der Waals surface area contributed by atoms with Crippen LogP contribution in [0.1, 0.15) is 62.6 Å². The molecule has 0 saturated carbocycles. The van der Waals surface area contributed by atoms with E-state index in [1.807, 2.05) is 24.3 Å². The highest BCUT2D eigenvalue weighted by Gasteiger charge is 2.41. The molecule has 3 aromatic carbocycles. The van der Waals surface area contributed by atoms with E-state index in [1.165, 1.54) is 29.2 Å². The van der Waals surface area contributed by atoms with Crippen LogP contribution in [-0.4, -0.2) is 99.1 Å². The van der Waals surface area contributed by atoms with Gasteiger partial charge in [0, 0.05) is 65.4 Å². The summed E-state index contributed by atoms with van der Waals surface area (Å²) in [6.07, 6.45) is 2.82. The van der Waals surface area contributed by atoms with Crippen molar-refractivity contribution >= 4 is 68.9 Å². The molecule has 2 aromatic heterocycles. The Morgan fingerprint density at radius 3 is 2.28 bits per heavy atom. The van der Waals surface area contributed by atoms with Gasteiger partial charge in [0.15, 0.2) is 0 Å². The summed E-state index contributed by atoms with van der Waals surface area (Å²) < 4.78 is 5.40. The molecule has 2 aliphatic rings. The molecular formula is C50H57N9O10. The van der Waals surface area contributed by atoms with E-state index < -0.39 is 95.6 Å². The summed E-state index contributed by atoms with van der Waals surface area (Å²) in [7, 11) is 0. The van der Waals surface area contributed by atoms with E-state index >= 15 is 0 Å². The number of anilines is 1. The zero-order chi connectivity index (χ0) is 49.5. The maximum Gasteiger partial charge on any atom is 0.336 e. The minimum atomic E-state index is -1.34. The number of nitrogens with one attached hydrogen (secondary N) is 7. The number of hydrogen-bond donors (Lipinski definition) is 9. The molecular weight excluding hydrogens is 887 g/mol. The highest BCUT2D eigenvalue weighted by Crippen LogP contribution is 2.24. The molecule has 362 valence electrons. The monoisotopic (exact) mass is 943 g/mol. The first-order valence-electron chi connectivity index (χ1n) is 22.9. The van der Waals surface area contributed by atoms with E-state index in [0.717, 1.165) is 10.9 Å². The molecule has 10 N–H and O–H groups in total. The first kappa shape index (κ1) is 49.0. The molecule has 69 heavy (non-hydrogen) atoms. The Balaban J connectivity index is 1.11. The summed E-state index contributed by atoms with van der Waals surface area (Å²) in [6, 6.07) is 12.9. The lowest BCUT2D eigenvalue weighted by Crippen LogP contribution is -2.60. The van der Waals surface area contributed by atoms with Gasteiger partial charge in [0.2, 0.25) is 41.4 Å². The Morgan fingerprint density at radius 2 is 1.57 bits per heavy atom. The number of hydrogen-bond acceptors (Lipinski definition) is 11. The second-order valence-corrected chi connectivity index (χ2v) is 18.0. The number of primary amides is 1. The van der Waals surface area contributed by atoms with Gasteiger partial charge in [-0.05, 0) is 85.5 Å². The summed E-state index contributed by atoms with van der Waals surface area (Å²) in [6.45, 7) is 9.13. The van der Waals surface area contributed by atoms with Crippen LogP contribution in [0.25, 0.3) is 21.9 Å².